The van der Waals surface area contributed by atoms with Crippen LogP contribution >= 0.6 is 0 Å². The number of aliphatic hydroxyl groups excluding tert-OH is 1. The topological polar surface area (TPSA) is 99.6 Å². The molecule has 0 aromatic heterocycles. The van der Waals surface area contributed by atoms with Crippen LogP contribution in [0.2, 0.25) is 0 Å². The van der Waals surface area contributed by atoms with Crippen LogP contribution in [0.5, 0.6) is 5.75 Å². The molecule has 1 spiro atoms. The molecular weight excluding hydrogens is 558 g/mol. The number of aliphatic hydroxyl groups is 1. The highest BCUT2D eigenvalue weighted by Crippen LogP contribution is 2.58. The quantitative estimate of drug-likeness (QED) is 0.466. The zero-order valence-corrected chi connectivity index (χ0v) is 25.8. The summed E-state index contributed by atoms with van der Waals surface area (Å²) in [5, 5.41) is 10.6. The number of ether oxygens (including phenoxy) is 2. The number of rotatable bonds is 8. The Hall–Kier alpha value is -3.95. The molecule has 2 fully saturated rings. The molecule has 0 saturated carbocycles. The van der Waals surface area contributed by atoms with Gasteiger partial charge in [-0.3, -0.25) is 14.4 Å². The maximum Gasteiger partial charge on any atom is 0.253 e. The Morgan fingerprint density at radius 2 is 1.64 bits per heavy atom. The molecule has 2 aromatic rings. The number of hydrogen-bond donors (Lipinski definition) is 1. The molecule has 6 rings (SSSR count). The van der Waals surface area contributed by atoms with E-state index < -0.39 is 35.1 Å². The van der Waals surface area contributed by atoms with E-state index in [1.807, 2.05) is 87.5 Å². The summed E-state index contributed by atoms with van der Waals surface area (Å²) in [6.45, 7) is 6.63. The lowest BCUT2D eigenvalue weighted by atomic mass is 9.74. The first kappa shape index (κ1) is 30.1. The van der Waals surface area contributed by atoms with Crippen LogP contribution in [0.25, 0.3) is 0 Å². The summed E-state index contributed by atoms with van der Waals surface area (Å²) in [7, 11) is 1.58. The number of methoxy groups -OCH3 is 1. The van der Waals surface area contributed by atoms with Gasteiger partial charge in [0.15, 0.2) is 0 Å². The second-order valence-corrected chi connectivity index (χ2v) is 12.9. The minimum absolute atomic E-state index is 0.153. The van der Waals surface area contributed by atoms with Crippen LogP contribution in [0.1, 0.15) is 32.8 Å². The van der Waals surface area contributed by atoms with Gasteiger partial charge >= 0.3 is 0 Å². The summed E-state index contributed by atoms with van der Waals surface area (Å²) in [5.74, 6) is -1.80. The number of nitrogens with zero attached hydrogens (tertiary/aromatic N) is 3. The molecular formula is C35H41N3O6. The average molecular weight is 600 g/mol. The van der Waals surface area contributed by atoms with Crippen molar-refractivity contribution in [1.82, 2.24) is 9.80 Å². The monoisotopic (exact) mass is 599 g/mol. The number of benzene rings is 2. The van der Waals surface area contributed by atoms with Gasteiger partial charge in [-0.05, 0) is 49.1 Å². The van der Waals surface area contributed by atoms with E-state index in [4.69, 9.17) is 9.47 Å². The summed E-state index contributed by atoms with van der Waals surface area (Å²) in [5.41, 5.74) is -0.865. The molecule has 0 bridgehead atoms. The minimum atomic E-state index is -1.39. The largest absolute Gasteiger partial charge is 0.497 e. The van der Waals surface area contributed by atoms with E-state index in [0.717, 1.165) is 5.56 Å². The Morgan fingerprint density at radius 1 is 0.932 bits per heavy atom. The smallest absolute Gasteiger partial charge is 0.253 e. The zero-order chi connectivity index (χ0) is 31.2. The fraction of sp³-hybridized carbons (Fsp3) is 0.457. The fourth-order valence-corrected chi connectivity index (χ4v) is 7.66. The molecule has 3 amide bonds. The van der Waals surface area contributed by atoms with Crippen LogP contribution in [0.3, 0.4) is 0 Å². The lowest BCUT2D eigenvalue weighted by molar-refractivity contribution is -0.151. The maximum atomic E-state index is 14.8. The molecule has 0 aliphatic carbocycles. The van der Waals surface area contributed by atoms with Crippen molar-refractivity contribution in [2.24, 2.45) is 17.8 Å². The Bertz CT molecular complexity index is 1470. The van der Waals surface area contributed by atoms with Gasteiger partial charge in [-0.15, -0.1) is 0 Å². The molecule has 2 aromatic carbocycles. The van der Waals surface area contributed by atoms with E-state index in [0.29, 0.717) is 30.9 Å². The average Bonchev–Trinajstić information content (AvgIpc) is 3.29. The van der Waals surface area contributed by atoms with E-state index in [2.05, 4.69) is 0 Å². The predicted octanol–water partition coefficient (Wildman–Crippen LogP) is 3.57. The third-order valence-electron chi connectivity index (χ3n) is 9.53. The third-order valence-corrected chi connectivity index (χ3v) is 9.53. The molecule has 4 heterocycles. The Kier molecular flexibility index (Phi) is 7.88. The van der Waals surface area contributed by atoms with Crippen LogP contribution < -0.4 is 9.64 Å². The van der Waals surface area contributed by atoms with Crippen molar-refractivity contribution in [2.45, 2.75) is 57.0 Å². The molecule has 1 N–H and O–H groups in total. The molecule has 4 aliphatic heterocycles. The number of fused-ring (bicyclic) bond motifs is 2. The number of carbonyl (C=O) groups is 3. The minimum Gasteiger partial charge on any atom is -0.497 e. The van der Waals surface area contributed by atoms with Crippen LogP contribution in [0, 0.1) is 17.8 Å². The molecule has 9 heteroatoms. The van der Waals surface area contributed by atoms with Gasteiger partial charge in [-0.2, -0.15) is 0 Å². The maximum absolute atomic E-state index is 14.8. The number of anilines is 1. The summed E-state index contributed by atoms with van der Waals surface area (Å²) >= 11 is 0. The zero-order valence-electron chi connectivity index (χ0n) is 25.8. The lowest BCUT2D eigenvalue weighted by Crippen LogP contribution is -2.59. The van der Waals surface area contributed by atoms with Crippen LogP contribution in [0.15, 0.2) is 78.9 Å². The Labute approximate surface area is 258 Å². The number of amides is 3. The highest BCUT2D eigenvalue weighted by molar-refractivity contribution is 6.06. The predicted molar refractivity (Wildman–Crippen MR) is 166 cm³/mol. The van der Waals surface area contributed by atoms with Gasteiger partial charge in [0, 0.05) is 25.3 Å². The van der Waals surface area contributed by atoms with Crippen molar-refractivity contribution in [3.63, 3.8) is 0 Å². The lowest BCUT2D eigenvalue weighted by Gasteiger charge is -2.40. The van der Waals surface area contributed by atoms with Crippen molar-refractivity contribution < 1.29 is 29.0 Å². The molecule has 4 aliphatic rings. The van der Waals surface area contributed by atoms with E-state index >= 15 is 0 Å². The third kappa shape index (κ3) is 4.82. The standard InChI is InChI=1S/C35H41N3O6/c1-23(2)20-26(22-39)38-30-33(42)37(25-12-14-27(43-4)15-13-25)19-9-17-35(30)29(32(38)41)28-31(40)36(18-8-16-34(28,3)44-35)21-24-10-6-5-7-11-24/h5-17,23,26,28-30,39H,18-22H2,1-4H3/t26-,28+,29+,30?,34-,35+/m1/s1. The molecule has 1 unspecified atom stereocenters. The van der Waals surface area contributed by atoms with Crippen molar-refractivity contribution in [3.05, 3.63) is 84.5 Å². The number of carbonyl (C=O) groups excluding carboxylic acids is 3. The van der Waals surface area contributed by atoms with E-state index in [9.17, 15) is 19.5 Å². The van der Waals surface area contributed by atoms with Crippen LogP contribution in [-0.4, -0.2) is 82.7 Å². The highest BCUT2D eigenvalue weighted by Gasteiger charge is 2.75. The molecule has 2 saturated heterocycles. The van der Waals surface area contributed by atoms with E-state index in [1.165, 1.54) is 0 Å². The van der Waals surface area contributed by atoms with Gasteiger partial charge in [0.1, 0.15) is 17.4 Å². The second kappa shape index (κ2) is 11.5. The molecule has 232 valence electrons. The second-order valence-electron chi connectivity index (χ2n) is 12.9. The van der Waals surface area contributed by atoms with Gasteiger partial charge in [0.25, 0.3) is 5.91 Å². The van der Waals surface area contributed by atoms with E-state index in [-0.39, 0.29) is 36.8 Å². The van der Waals surface area contributed by atoms with Crippen molar-refractivity contribution in [3.8, 4) is 5.75 Å². The van der Waals surface area contributed by atoms with Crippen molar-refractivity contribution in [2.75, 3.05) is 31.7 Å². The Balaban J connectivity index is 1.45. The molecule has 44 heavy (non-hydrogen) atoms. The van der Waals surface area contributed by atoms with Gasteiger partial charge in [0.05, 0.1) is 37.2 Å². The first-order valence-corrected chi connectivity index (χ1v) is 15.4. The number of likely N-dealkylation sites (tertiary alicyclic amines) is 1. The van der Waals surface area contributed by atoms with Crippen molar-refractivity contribution >= 4 is 23.4 Å². The summed E-state index contributed by atoms with van der Waals surface area (Å²) < 4.78 is 12.3. The van der Waals surface area contributed by atoms with Gasteiger partial charge in [-0.25, -0.2) is 0 Å². The normalized spacial score (nSPS) is 30.3. The first-order valence-electron chi connectivity index (χ1n) is 15.4. The summed E-state index contributed by atoms with van der Waals surface area (Å²) in [6.07, 6.45) is 8.03. The van der Waals surface area contributed by atoms with Crippen LogP contribution in [0.4, 0.5) is 5.69 Å². The summed E-state index contributed by atoms with van der Waals surface area (Å²) in [6, 6.07) is 15.3. The first-order chi connectivity index (χ1) is 21.1. The summed E-state index contributed by atoms with van der Waals surface area (Å²) in [4.78, 5) is 48.9. The molecule has 9 nitrogen and oxygen atoms in total. The van der Waals surface area contributed by atoms with Crippen molar-refractivity contribution in [1.29, 1.82) is 0 Å². The molecule has 6 atom stereocenters. The van der Waals surface area contributed by atoms with Crippen LogP contribution in [-0.2, 0) is 25.7 Å². The van der Waals surface area contributed by atoms with E-state index in [1.54, 1.807) is 33.9 Å². The number of hydrogen-bond acceptors (Lipinski definition) is 6. The fourth-order valence-electron chi connectivity index (χ4n) is 7.66. The van der Waals surface area contributed by atoms with Gasteiger partial charge in [0.2, 0.25) is 11.8 Å². The SMILES string of the molecule is COc1ccc(N2CC=C[C@]34O[C@]5(C)C=CCN(Cc6ccccc6)C(=O)[C@@H]5[C@H]3C(=O)N([C@@H](CO)CC(C)C)C4C2=O)cc1. The van der Waals surface area contributed by atoms with Gasteiger partial charge < -0.3 is 29.3 Å². The highest BCUT2D eigenvalue weighted by atomic mass is 16.5. The molecule has 0 radical (unpaired) electrons. The Morgan fingerprint density at radius 3 is 2.30 bits per heavy atom. The van der Waals surface area contributed by atoms with Gasteiger partial charge in [-0.1, -0.05) is 68.5 Å².